The van der Waals surface area contributed by atoms with Gasteiger partial charge in [-0.2, -0.15) is 0 Å². The predicted octanol–water partition coefficient (Wildman–Crippen LogP) is 2.04. The fraction of sp³-hybridized carbons (Fsp3) is 0.700. The third-order valence-electron chi connectivity index (χ3n) is 2.83. The van der Waals surface area contributed by atoms with Crippen LogP contribution in [-0.2, 0) is 4.79 Å². The second-order valence-corrected chi connectivity index (χ2v) is 4.27. The van der Waals surface area contributed by atoms with Gasteiger partial charge in [0.15, 0.2) is 0 Å². The van der Waals surface area contributed by atoms with Crippen molar-refractivity contribution in [3.05, 3.63) is 11.6 Å². The molecule has 1 fully saturated rings. The van der Waals surface area contributed by atoms with E-state index in [1.807, 2.05) is 6.92 Å². The van der Waals surface area contributed by atoms with Crippen molar-refractivity contribution in [3.8, 4) is 0 Å². The number of piperidine rings is 1. The van der Waals surface area contributed by atoms with Gasteiger partial charge in [0.2, 0.25) is 0 Å². The molecule has 0 spiro atoms. The zero-order valence-electron chi connectivity index (χ0n) is 8.22. The van der Waals surface area contributed by atoms with E-state index in [-0.39, 0.29) is 12.0 Å². The van der Waals surface area contributed by atoms with E-state index in [2.05, 4.69) is 18.4 Å². The van der Waals surface area contributed by atoms with Gasteiger partial charge in [-0.1, -0.05) is 25.1 Å². The number of halogens is 1. The molecule has 0 N–H and O–H groups in total. The molecule has 2 nitrogen and oxygen atoms in total. The lowest BCUT2D eigenvalue weighted by atomic mass is 9.91. The van der Waals surface area contributed by atoms with Gasteiger partial charge in [-0.3, -0.25) is 9.69 Å². The minimum absolute atomic E-state index is 0.129. The summed E-state index contributed by atoms with van der Waals surface area (Å²) in [5.41, 5.74) is 0. The standard InChI is InChI=1S/C10H16ClNO/c1-7(11)6-12-5-4-10(13)8(2)9(12)3/h8-9H,1,4-6H2,2-3H3. The Bertz CT molecular complexity index is 227. The second kappa shape index (κ2) is 4.25. The van der Waals surface area contributed by atoms with Crippen molar-refractivity contribution in [1.82, 2.24) is 4.90 Å². The minimum atomic E-state index is 0.129. The van der Waals surface area contributed by atoms with Crippen LogP contribution in [0.4, 0.5) is 0 Å². The molecule has 13 heavy (non-hydrogen) atoms. The van der Waals surface area contributed by atoms with E-state index in [1.165, 1.54) is 0 Å². The number of likely N-dealkylation sites (tertiary alicyclic amines) is 1. The summed E-state index contributed by atoms with van der Waals surface area (Å²) in [7, 11) is 0. The van der Waals surface area contributed by atoms with Crippen molar-refractivity contribution in [2.75, 3.05) is 13.1 Å². The molecular formula is C10H16ClNO. The third kappa shape index (κ3) is 2.55. The van der Waals surface area contributed by atoms with Crippen LogP contribution in [0.15, 0.2) is 11.6 Å². The van der Waals surface area contributed by atoms with Gasteiger partial charge < -0.3 is 0 Å². The summed E-state index contributed by atoms with van der Waals surface area (Å²) in [6.45, 7) is 9.23. The van der Waals surface area contributed by atoms with Gasteiger partial charge in [-0.05, 0) is 6.92 Å². The maximum Gasteiger partial charge on any atom is 0.138 e. The Morgan fingerprint density at radius 3 is 2.85 bits per heavy atom. The predicted molar refractivity (Wildman–Crippen MR) is 54.8 cm³/mol. The Kier molecular flexibility index (Phi) is 3.51. The average Bonchev–Trinajstić information content (AvgIpc) is 2.06. The maximum absolute atomic E-state index is 11.4. The Labute approximate surface area is 84.6 Å². The van der Waals surface area contributed by atoms with E-state index < -0.39 is 0 Å². The molecule has 0 bridgehead atoms. The topological polar surface area (TPSA) is 20.3 Å². The van der Waals surface area contributed by atoms with Crippen LogP contribution >= 0.6 is 11.6 Å². The summed E-state index contributed by atoms with van der Waals surface area (Å²) in [6.07, 6.45) is 0.648. The zero-order chi connectivity index (χ0) is 10.0. The molecule has 0 amide bonds. The van der Waals surface area contributed by atoms with E-state index in [0.29, 0.717) is 23.8 Å². The normalized spacial score (nSPS) is 30.5. The van der Waals surface area contributed by atoms with E-state index >= 15 is 0 Å². The quantitative estimate of drug-likeness (QED) is 0.682. The molecule has 0 saturated carbocycles. The summed E-state index contributed by atoms with van der Waals surface area (Å²) >= 11 is 5.74. The lowest BCUT2D eigenvalue weighted by Crippen LogP contribution is -2.47. The van der Waals surface area contributed by atoms with Crippen LogP contribution in [-0.4, -0.2) is 29.8 Å². The summed E-state index contributed by atoms with van der Waals surface area (Å²) in [6, 6.07) is 0.289. The van der Waals surface area contributed by atoms with E-state index in [9.17, 15) is 4.79 Å². The van der Waals surface area contributed by atoms with Gasteiger partial charge >= 0.3 is 0 Å². The third-order valence-corrected chi connectivity index (χ3v) is 2.95. The van der Waals surface area contributed by atoms with Crippen molar-refractivity contribution in [2.24, 2.45) is 5.92 Å². The first kappa shape index (κ1) is 10.7. The fourth-order valence-corrected chi connectivity index (χ4v) is 1.87. The molecule has 1 heterocycles. The first-order valence-corrected chi connectivity index (χ1v) is 5.00. The van der Waals surface area contributed by atoms with Crippen molar-refractivity contribution in [2.45, 2.75) is 26.3 Å². The van der Waals surface area contributed by atoms with Gasteiger partial charge in [-0.15, -0.1) is 0 Å². The average molecular weight is 202 g/mol. The lowest BCUT2D eigenvalue weighted by molar-refractivity contribution is -0.127. The lowest BCUT2D eigenvalue weighted by Gasteiger charge is -2.36. The van der Waals surface area contributed by atoms with E-state index in [1.54, 1.807) is 0 Å². The Balaban J connectivity index is 2.58. The molecular weight excluding hydrogens is 186 g/mol. The second-order valence-electron chi connectivity index (χ2n) is 3.73. The van der Waals surface area contributed by atoms with Gasteiger partial charge in [0.25, 0.3) is 0 Å². The molecule has 2 atom stereocenters. The number of hydrogen-bond acceptors (Lipinski definition) is 2. The van der Waals surface area contributed by atoms with Gasteiger partial charge in [-0.25, -0.2) is 0 Å². The molecule has 0 aliphatic carbocycles. The number of carbonyl (C=O) groups is 1. The van der Waals surface area contributed by atoms with E-state index in [0.717, 1.165) is 6.54 Å². The van der Waals surface area contributed by atoms with Crippen molar-refractivity contribution in [3.63, 3.8) is 0 Å². The Morgan fingerprint density at radius 1 is 1.69 bits per heavy atom. The van der Waals surface area contributed by atoms with Crippen LogP contribution in [0.3, 0.4) is 0 Å². The first-order valence-electron chi connectivity index (χ1n) is 4.62. The number of hydrogen-bond donors (Lipinski definition) is 0. The van der Waals surface area contributed by atoms with Gasteiger partial charge in [0, 0.05) is 36.5 Å². The maximum atomic E-state index is 11.4. The number of carbonyl (C=O) groups excluding carboxylic acids is 1. The van der Waals surface area contributed by atoms with Crippen LogP contribution in [0.25, 0.3) is 0 Å². The first-order chi connectivity index (χ1) is 6.02. The highest BCUT2D eigenvalue weighted by Crippen LogP contribution is 2.21. The van der Waals surface area contributed by atoms with Crippen LogP contribution in [0, 0.1) is 5.92 Å². The van der Waals surface area contributed by atoms with Crippen LogP contribution in [0.2, 0.25) is 0 Å². The van der Waals surface area contributed by atoms with Crippen molar-refractivity contribution < 1.29 is 4.79 Å². The summed E-state index contributed by atoms with van der Waals surface area (Å²) in [5, 5.41) is 0.647. The summed E-state index contributed by atoms with van der Waals surface area (Å²) in [5.74, 6) is 0.494. The van der Waals surface area contributed by atoms with Gasteiger partial charge in [0.05, 0.1) is 0 Å². The molecule has 74 valence electrons. The summed E-state index contributed by atoms with van der Waals surface area (Å²) in [4.78, 5) is 13.6. The number of Topliss-reactive ketones (excluding diaryl/α,β-unsaturated/α-hetero) is 1. The molecule has 2 unspecified atom stereocenters. The minimum Gasteiger partial charge on any atom is -0.299 e. The Hall–Kier alpha value is -0.340. The molecule has 1 saturated heterocycles. The van der Waals surface area contributed by atoms with Crippen LogP contribution in [0.1, 0.15) is 20.3 Å². The van der Waals surface area contributed by atoms with Crippen molar-refractivity contribution >= 4 is 17.4 Å². The van der Waals surface area contributed by atoms with Crippen molar-refractivity contribution in [1.29, 1.82) is 0 Å². The Morgan fingerprint density at radius 2 is 2.31 bits per heavy atom. The fourth-order valence-electron chi connectivity index (χ4n) is 1.71. The zero-order valence-corrected chi connectivity index (χ0v) is 8.97. The SMILES string of the molecule is C=C(Cl)CN1CCC(=O)C(C)C1C. The van der Waals surface area contributed by atoms with E-state index in [4.69, 9.17) is 11.6 Å². The number of rotatable bonds is 2. The van der Waals surface area contributed by atoms with Gasteiger partial charge in [0.1, 0.15) is 5.78 Å². The smallest absolute Gasteiger partial charge is 0.138 e. The largest absolute Gasteiger partial charge is 0.299 e. The molecule has 0 aromatic rings. The summed E-state index contributed by atoms with van der Waals surface area (Å²) < 4.78 is 0. The molecule has 1 aliphatic heterocycles. The molecule has 3 heteroatoms. The monoisotopic (exact) mass is 201 g/mol. The molecule has 1 rings (SSSR count). The van der Waals surface area contributed by atoms with Crippen LogP contribution in [0.5, 0.6) is 0 Å². The number of ketones is 1. The molecule has 0 radical (unpaired) electrons. The van der Waals surface area contributed by atoms with Crippen LogP contribution < -0.4 is 0 Å². The molecule has 0 aromatic heterocycles. The molecule has 1 aliphatic rings. The highest BCUT2D eigenvalue weighted by Gasteiger charge is 2.30. The highest BCUT2D eigenvalue weighted by molar-refractivity contribution is 6.29. The highest BCUT2D eigenvalue weighted by atomic mass is 35.5. The molecule has 0 aromatic carbocycles. The number of nitrogens with zero attached hydrogens (tertiary/aromatic N) is 1.